The molecule has 17 heavy (non-hydrogen) atoms. The lowest BCUT2D eigenvalue weighted by atomic mass is 10.3. The van der Waals surface area contributed by atoms with Gasteiger partial charge in [-0.25, -0.2) is 0 Å². The molecular weight excluding hydrogens is 259 g/mol. The zero-order valence-electron chi connectivity index (χ0n) is 9.11. The van der Waals surface area contributed by atoms with Gasteiger partial charge in [0.2, 0.25) is 0 Å². The fraction of sp³-hybridized carbons (Fsp3) is 0.273. The number of hydrogen-bond acceptors (Lipinski definition) is 3. The summed E-state index contributed by atoms with van der Waals surface area (Å²) in [4.78, 5) is 0. The summed E-state index contributed by atoms with van der Waals surface area (Å²) in [7, 11) is 0. The van der Waals surface area contributed by atoms with Gasteiger partial charge in [0.05, 0.1) is 5.88 Å². The van der Waals surface area contributed by atoms with Gasteiger partial charge in [0, 0.05) is 17.1 Å². The zero-order valence-corrected chi connectivity index (χ0v) is 10.6. The largest absolute Gasteiger partial charge is 0.330 e. The highest BCUT2D eigenvalue weighted by Crippen LogP contribution is 2.17. The maximum absolute atomic E-state index is 5.86. The van der Waals surface area contributed by atoms with E-state index in [1.807, 2.05) is 28.8 Å². The average molecular weight is 271 g/mol. The predicted octanol–water partition coefficient (Wildman–Crippen LogP) is 2.16. The molecule has 0 spiro atoms. The number of aromatic nitrogens is 3. The van der Waals surface area contributed by atoms with E-state index in [-0.39, 0.29) is 0 Å². The Bertz CT molecular complexity index is 493. The number of nitrogens with zero attached hydrogens (tertiary/aromatic N) is 3. The summed E-state index contributed by atoms with van der Waals surface area (Å²) in [6, 6.07) is 7.45. The van der Waals surface area contributed by atoms with Gasteiger partial charge in [0.25, 0.3) is 0 Å². The van der Waals surface area contributed by atoms with E-state index < -0.39 is 0 Å². The van der Waals surface area contributed by atoms with Crippen molar-refractivity contribution in [3.63, 3.8) is 0 Å². The smallest absolute Gasteiger partial charge is 0.152 e. The average Bonchev–Trinajstić information content (AvgIpc) is 2.74. The Morgan fingerprint density at radius 2 is 1.76 bits per heavy atom. The van der Waals surface area contributed by atoms with Gasteiger partial charge in [0.1, 0.15) is 5.82 Å². The quantitative estimate of drug-likeness (QED) is 0.867. The summed E-state index contributed by atoms with van der Waals surface area (Å²) < 4.78 is 1.91. The van der Waals surface area contributed by atoms with E-state index in [0.717, 1.165) is 11.5 Å². The molecule has 2 rings (SSSR count). The van der Waals surface area contributed by atoms with Crippen LogP contribution in [0, 0.1) is 0 Å². The van der Waals surface area contributed by atoms with E-state index in [2.05, 4.69) is 10.2 Å². The molecule has 0 saturated heterocycles. The molecular formula is C11H12Cl2N4. The van der Waals surface area contributed by atoms with E-state index in [9.17, 15) is 0 Å². The third-order valence-electron chi connectivity index (χ3n) is 2.37. The molecule has 0 aliphatic heterocycles. The Hall–Kier alpha value is -1.10. The van der Waals surface area contributed by atoms with Crippen LogP contribution in [0.3, 0.4) is 0 Å². The van der Waals surface area contributed by atoms with Crippen LogP contribution in [0.5, 0.6) is 0 Å². The van der Waals surface area contributed by atoms with Crippen LogP contribution in [0.25, 0.3) is 5.69 Å². The summed E-state index contributed by atoms with van der Waals surface area (Å²) >= 11 is 11.7. The molecule has 2 aromatic rings. The molecule has 0 bridgehead atoms. The second-order valence-corrected chi connectivity index (χ2v) is 4.22. The molecule has 1 heterocycles. The highest BCUT2D eigenvalue weighted by atomic mass is 35.5. The molecule has 0 aliphatic rings. The van der Waals surface area contributed by atoms with Crippen molar-refractivity contribution in [3.05, 3.63) is 40.9 Å². The van der Waals surface area contributed by atoms with Crippen molar-refractivity contribution in [2.75, 3.05) is 6.54 Å². The van der Waals surface area contributed by atoms with Crippen LogP contribution in [0.1, 0.15) is 11.6 Å². The van der Waals surface area contributed by atoms with Crippen molar-refractivity contribution in [3.8, 4) is 5.69 Å². The maximum atomic E-state index is 5.86. The van der Waals surface area contributed by atoms with E-state index in [4.69, 9.17) is 28.9 Å². The minimum Gasteiger partial charge on any atom is -0.330 e. The number of alkyl halides is 1. The molecule has 0 atom stereocenters. The monoisotopic (exact) mass is 270 g/mol. The van der Waals surface area contributed by atoms with Crippen molar-refractivity contribution < 1.29 is 0 Å². The van der Waals surface area contributed by atoms with Gasteiger partial charge in [-0.15, -0.1) is 21.8 Å². The summed E-state index contributed by atoms with van der Waals surface area (Å²) in [5.74, 6) is 1.82. The molecule has 6 heteroatoms. The molecule has 1 aromatic carbocycles. The number of halogens is 2. The first-order valence-corrected chi connectivity index (χ1v) is 6.12. The van der Waals surface area contributed by atoms with Crippen LogP contribution in [-0.2, 0) is 12.3 Å². The topological polar surface area (TPSA) is 56.7 Å². The Morgan fingerprint density at radius 3 is 2.35 bits per heavy atom. The highest BCUT2D eigenvalue weighted by Gasteiger charge is 2.12. The van der Waals surface area contributed by atoms with E-state index in [1.165, 1.54) is 0 Å². The third kappa shape index (κ3) is 2.60. The molecule has 4 nitrogen and oxygen atoms in total. The number of hydrogen-bond donors (Lipinski definition) is 1. The second kappa shape index (κ2) is 5.49. The fourth-order valence-electron chi connectivity index (χ4n) is 1.62. The molecule has 1 aromatic heterocycles. The summed E-state index contributed by atoms with van der Waals surface area (Å²) in [5.41, 5.74) is 6.49. The Labute approximate surface area is 109 Å². The van der Waals surface area contributed by atoms with Crippen molar-refractivity contribution in [2.24, 2.45) is 5.73 Å². The first-order chi connectivity index (χ1) is 8.26. The van der Waals surface area contributed by atoms with Crippen LogP contribution in [0.15, 0.2) is 24.3 Å². The van der Waals surface area contributed by atoms with Crippen molar-refractivity contribution in [1.29, 1.82) is 0 Å². The number of rotatable bonds is 4. The first-order valence-electron chi connectivity index (χ1n) is 5.21. The first kappa shape index (κ1) is 12.4. The molecule has 0 aliphatic carbocycles. The Morgan fingerprint density at radius 1 is 1.12 bits per heavy atom. The summed E-state index contributed by atoms with van der Waals surface area (Å²) in [6.45, 7) is 0.522. The lowest BCUT2D eigenvalue weighted by Gasteiger charge is -2.08. The van der Waals surface area contributed by atoms with Crippen LogP contribution < -0.4 is 5.73 Å². The van der Waals surface area contributed by atoms with Crippen LogP contribution >= 0.6 is 23.2 Å². The van der Waals surface area contributed by atoms with Crippen molar-refractivity contribution >= 4 is 23.2 Å². The molecule has 0 saturated carbocycles. The van der Waals surface area contributed by atoms with Gasteiger partial charge in [-0.1, -0.05) is 11.6 Å². The summed E-state index contributed by atoms with van der Waals surface area (Å²) in [6.07, 6.45) is 0.659. The van der Waals surface area contributed by atoms with Crippen molar-refractivity contribution in [2.45, 2.75) is 12.3 Å². The molecule has 0 unspecified atom stereocenters. The third-order valence-corrected chi connectivity index (χ3v) is 2.86. The maximum Gasteiger partial charge on any atom is 0.152 e. The van der Waals surface area contributed by atoms with Crippen molar-refractivity contribution in [1.82, 2.24) is 14.8 Å². The molecule has 90 valence electrons. The number of nitrogens with two attached hydrogens (primary N) is 1. The van der Waals surface area contributed by atoms with Gasteiger partial charge >= 0.3 is 0 Å². The molecule has 2 N–H and O–H groups in total. The fourth-order valence-corrected chi connectivity index (χ4v) is 1.92. The highest BCUT2D eigenvalue weighted by molar-refractivity contribution is 6.30. The number of benzene rings is 1. The second-order valence-electron chi connectivity index (χ2n) is 3.52. The molecule has 0 radical (unpaired) electrons. The lowest BCUT2D eigenvalue weighted by molar-refractivity contribution is 0.822. The van der Waals surface area contributed by atoms with Crippen LogP contribution in [0.4, 0.5) is 0 Å². The minimum atomic E-state index is 0.306. The van der Waals surface area contributed by atoms with Gasteiger partial charge in [-0.05, 0) is 30.8 Å². The van der Waals surface area contributed by atoms with E-state index in [1.54, 1.807) is 0 Å². The SMILES string of the molecule is NCCc1nnc(CCl)n1-c1ccc(Cl)cc1. The Balaban J connectivity index is 2.47. The van der Waals surface area contributed by atoms with Crippen LogP contribution in [-0.4, -0.2) is 21.3 Å². The lowest BCUT2D eigenvalue weighted by Crippen LogP contribution is -2.10. The zero-order chi connectivity index (χ0) is 12.3. The van der Waals surface area contributed by atoms with Gasteiger partial charge in [0.15, 0.2) is 5.82 Å². The van der Waals surface area contributed by atoms with Gasteiger partial charge in [-0.3, -0.25) is 4.57 Å². The van der Waals surface area contributed by atoms with E-state index >= 15 is 0 Å². The summed E-state index contributed by atoms with van der Waals surface area (Å²) in [5, 5.41) is 8.83. The predicted molar refractivity (Wildman–Crippen MR) is 68.7 cm³/mol. The molecule has 0 amide bonds. The normalized spacial score (nSPS) is 10.8. The van der Waals surface area contributed by atoms with E-state index in [0.29, 0.717) is 29.7 Å². The van der Waals surface area contributed by atoms with Crippen LogP contribution in [0.2, 0.25) is 5.02 Å². The van der Waals surface area contributed by atoms with Gasteiger partial charge in [-0.2, -0.15) is 0 Å². The Kier molecular flexibility index (Phi) is 3.99. The minimum absolute atomic E-state index is 0.306. The molecule has 0 fully saturated rings. The van der Waals surface area contributed by atoms with Gasteiger partial charge < -0.3 is 5.73 Å². The standard InChI is InChI=1S/C11H12Cl2N4/c12-7-11-16-15-10(5-6-14)17(11)9-3-1-8(13)2-4-9/h1-4H,5-7,14H2.